The predicted molar refractivity (Wildman–Crippen MR) is 42.7 cm³/mol. The molecule has 0 unspecified atom stereocenters. The maximum Gasteiger partial charge on any atom is 0.0662 e. The van der Waals surface area contributed by atoms with E-state index in [4.69, 9.17) is 0 Å². The maximum absolute atomic E-state index is 3.95. The number of nitrogens with zero attached hydrogens (tertiary/aromatic N) is 2. The first-order valence-corrected chi connectivity index (χ1v) is 4.02. The van der Waals surface area contributed by atoms with Crippen LogP contribution in [0.1, 0.15) is 27.7 Å². The Hall–Kier alpha value is -0.0500. The summed E-state index contributed by atoms with van der Waals surface area (Å²) in [4.78, 5) is 0. The van der Waals surface area contributed by atoms with Gasteiger partial charge in [-0.05, 0) is 25.8 Å². The van der Waals surface area contributed by atoms with Crippen LogP contribution in [0.3, 0.4) is 0 Å². The fourth-order valence-electron chi connectivity index (χ4n) is 0.216. The quantitative estimate of drug-likeness (QED) is 0.444. The Bertz CT molecular complexity index is 89.1. The minimum absolute atomic E-state index is 0.330. The van der Waals surface area contributed by atoms with Crippen LogP contribution < -0.4 is 0 Å². The summed E-state index contributed by atoms with van der Waals surface area (Å²) in [5.74, 6) is 0. The van der Waals surface area contributed by atoms with Gasteiger partial charge in [0.15, 0.2) is 0 Å². The molecule has 3 heteroatoms. The molecule has 0 aliphatic rings. The van der Waals surface area contributed by atoms with Gasteiger partial charge in [-0.15, -0.1) is 4.52 Å². The van der Waals surface area contributed by atoms with Gasteiger partial charge in [0.2, 0.25) is 0 Å². The third-order valence-corrected chi connectivity index (χ3v) is 1.15. The Morgan fingerprint density at radius 3 is 2.00 bits per heavy atom. The van der Waals surface area contributed by atoms with E-state index < -0.39 is 0 Å². The lowest BCUT2D eigenvalue weighted by molar-refractivity contribution is 0.791. The molecule has 0 aliphatic heterocycles. The number of rotatable bonds is 3. The summed E-state index contributed by atoms with van der Waals surface area (Å²) in [5.41, 5.74) is 0. The van der Waals surface area contributed by atoms with Crippen LogP contribution in [0.4, 0.5) is 0 Å². The first kappa shape index (κ1) is 8.95. The molecule has 0 fully saturated rings. The Morgan fingerprint density at radius 1 is 1.11 bits per heavy atom. The highest BCUT2D eigenvalue weighted by molar-refractivity contribution is 7.98. The van der Waals surface area contributed by atoms with E-state index in [1.165, 1.54) is 11.9 Å². The van der Waals surface area contributed by atoms with Crippen LogP contribution >= 0.6 is 11.9 Å². The fraction of sp³-hybridized carbons (Fsp3) is 1.00. The zero-order valence-corrected chi connectivity index (χ0v) is 7.27. The summed E-state index contributed by atoms with van der Waals surface area (Å²) in [6.45, 7) is 8.24. The molecule has 0 saturated heterocycles. The van der Waals surface area contributed by atoms with E-state index >= 15 is 0 Å². The monoisotopic (exact) mass is 146 g/mol. The average molecular weight is 146 g/mol. The molecule has 0 N–H and O–H groups in total. The topological polar surface area (TPSA) is 24.7 Å². The van der Waals surface area contributed by atoms with Crippen molar-refractivity contribution in [3.05, 3.63) is 0 Å². The molecule has 0 saturated carbocycles. The van der Waals surface area contributed by atoms with Gasteiger partial charge in [-0.25, -0.2) is 0 Å². The van der Waals surface area contributed by atoms with Crippen LogP contribution in [0.5, 0.6) is 0 Å². The zero-order valence-electron chi connectivity index (χ0n) is 6.46. The summed E-state index contributed by atoms with van der Waals surface area (Å²) in [6.07, 6.45) is 0. The second kappa shape index (κ2) is 4.79. The molecule has 0 aromatic carbocycles. The largest absolute Gasteiger partial charge is 0.179 e. The highest BCUT2D eigenvalue weighted by Gasteiger charge is 1.90. The Labute approximate surface area is 61.3 Å². The van der Waals surface area contributed by atoms with Crippen LogP contribution in [0.25, 0.3) is 0 Å². The molecular weight excluding hydrogens is 132 g/mol. The van der Waals surface area contributed by atoms with E-state index in [9.17, 15) is 0 Å². The zero-order chi connectivity index (χ0) is 7.28. The van der Waals surface area contributed by atoms with Crippen molar-refractivity contribution < 1.29 is 0 Å². The van der Waals surface area contributed by atoms with Crippen molar-refractivity contribution in [3.8, 4) is 0 Å². The van der Waals surface area contributed by atoms with E-state index in [-0.39, 0.29) is 0 Å². The van der Waals surface area contributed by atoms with Crippen LogP contribution in [0.15, 0.2) is 9.63 Å². The lowest BCUT2D eigenvalue weighted by Gasteiger charge is -1.95. The van der Waals surface area contributed by atoms with E-state index in [0.29, 0.717) is 11.3 Å². The van der Waals surface area contributed by atoms with Gasteiger partial charge in [-0.2, -0.15) is 5.11 Å². The minimum Gasteiger partial charge on any atom is -0.179 e. The first-order chi connectivity index (χ1) is 4.13. The Morgan fingerprint density at radius 2 is 1.67 bits per heavy atom. The van der Waals surface area contributed by atoms with E-state index in [1.54, 1.807) is 0 Å². The van der Waals surface area contributed by atoms with Crippen molar-refractivity contribution in [2.45, 2.75) is 39.0 Å². The molecule has 0 atom stereocenters. The van der Waals surface area contributed by atoms with Crippen molar-refractivity contribution >= 4 is 11.9 Å². The molecule has 54 valence electrons. The van der Waals surface area contributed by atoms with Gasteiger partial charge < -0.3 is 0 Å². The molecule has 0 aromatic rings. The van der Waals surface area contributed by atoms with E-state index in [2.05, 4.69) is 23.5 Å². The van der Waals surface area contributed by atoms with E-state index in [0.717, 1.165) is 0 Å². The number of hydrogen-bond acceptors (Lipinski definition) is 3. The summed E-state index contributed by atoms with van der Waals surface area (Å²) < 4.78 is 3.91. The summed E-state index contributed by atoms with van der Waals surface area (Å²) in [6, 6.07) is 0.330. The minimum atomic E-state index is 0.330. The molecule has 0 rings (SSSR count). The molecule has 9 heavy (non-hydrogen) atoms. The van der Waals surface area contributed by atoms with Gasteiger partial charge in [0, 0.05) is 5.25 Å². The van der Waals surface area contributed by atoms with Crippen LogP contribution in [-0.4, -0.2) is 11.3 Å². The number of hydrogen-bond donors (Lipinski definition) is 0. The van der Waals surface area contributed by atoms with Crippen molar-refractivity contribution in [3.63, 3.8) is 0 Å². The summed E-state index contributed by atoms with van der Waals surface area (Å²) in [7, 11) is 0. The summed E-state index contributed by atoms with van der Waals surface area (Å²) >= 11 is 1.52. The SMILES string of the molecule is CC(C)N=NSC(C)C. The van der Waals surface area contributed by atoms with Gasteiger partial charge in [0.05, 0.1) is 6.04 Å². The lowest BCUT2D eigenvalue weighted by atomic mass is 10.4. The molecular formula is C6H14N2S. The second-order valence-corrected chi connectivity index (χ2v) is 3.76. The second-order valence-electron chi connectivity index (χ2n) is 2.45. The fourth-order valence-corrected chi connectivity index (χ4v) is 0.647. The highest BCUT2D eigenvalue weighted by Crippen LogP contribution is 2.11. The normalized spacial score (nSPS) is 12.2. The highest BCUT2D eigenvalue weighted by atomic mass is 32.2. The van der Waals surface area contributed by atoms with Crippen LogP contribution in [0.2, 0.25) is 0 Å². The standard InChI is InChI=1S/C6H14N2S/c1-5(2)7-8-9-6(3)4/h5-6H,1-4H3. The van der Waals surface area contributed by atoms with Crippen LogP contribution in [0, 0.1) is 0 Å². The molecule has 0 spiro atoms. The third kappa shape index (κ3) is 7.95. The molecule has 0 amide bonds. The lowest BCUT2D eigenvalue weighted by Crippen LogP contribution is -1.85. The molecule has 0 radical (unpaired) electrons. The van der Waals surface area contributed by atoms with Crippen molar-refractivity contribution in [1.29, 1.82) is 0 Å². The van der Waals surface area contributed by atoms with Crippen molar-refractivity contribution in [2.24, 2.45) is 9.63 Å². The Balaban J connectivity index is 3.25. The van der Waals surface area contributed by atoms with Gasteiger partial charge in [0.1, 0.15) is 0 Å². The molecule has 0 bridgehead atoms. The molecule has 0 aliphatic carbocycles. The summed E-state index contributed by atoms with van der Waals surface area (Å²) in [5, 5.41) is 4.50. The predicted octanol–water partition coefficient (Wildman–Crippen LogP) is 2.90. The van der Waals surface area contributed by atoms with E-state index in [1.807, 2.05) is 13.8 Å². The molecule has 0 heterocycles. The Kier molecular flexibility index (Phi) is 4.77. The van der Waals surface area contributed by atoms with Gasteiger partial charge >= 0.3 is 0 Å². The average Bonchev–Trinajstić information content (AvgIpc) is 1.63. The van der Waals surface area contributed by atoms with Crippen molar-refractivity contribution in [2.75, 3.05) is 0 Å². The maximum atomic E-state index is 3.95. The molecule has 0 aromatic heterocycles. The van der Waals surface area contributed by atoms with Crippen molar-refractivity contribution in [1.82, 2.24) is 0 Å². The van der Waals surface area contributed by atoms with Gasteiger partial charge in [-0.3, -0.25) is 0 Å². The smallest absolute Gasteiger partial charge is 0.0662 e. The third-order valence-electron chi connectivity index (χ3n) is 0.536. The van der Waals surface area contributed by atoms with Gasteiger partial charge in [-0.1, -0.05) is 13.8 Å². The van der Waals surface area contributed by atoms with Gasteiger partial charge in [0.25, 0.3) is 0 Å². The molecule has 2 nitrogen and oxygen atoms in total. The van der Waals surface area contributed by atoms with Crippen LogP contribution in [-0.2, 0) is 0 Å². The first-order valence-electron chi connectivity index (χ1n) is 3.19.